The summed E-state index contributed by atoms with van der Waals surface area (Å²) in [7, 11) is 5.80. The molecule has 1 aliphatic heterocycles. The van der Waals surface area contributed by atoms with E-state index in [9.17, 15) is 9.59 Å². The summed E-state index contributed by atoms with van der Waals surface area (Å²) in [5, 5.41) is 21.1. The number of aliphatic carboxylic acids is 2. The van der Waals surface area contributed by atoms with Gasteiger partial charge in [-0.3, -0.25) is 0 Å². The number of carbonyl (C=O) groups is 2. The molecule has 0 spiro atoms. The first kappa shape index (κ1) is 18.7. The van der Waals surface area contributed by atoms with Gasteiger partial charge in [0.05, 0.1) is 6.54 Å². The maximum absolute atomic E-state index is 11.2. The molecule has 2 rings (SSSR count). The van der Waals surface area contributed by atoms with E-state index in [1.165, 1.54) is 0 Å². The third-order valence-corrected chi connectivity index (χ3v) is 3.86. The fraction of sp³-hybridized carbons (Fsp3) is 0.500. The zero-order valence-corrected chi connectivity index (χ0v) is 14.7. The van der Waals surface area contributed by atoms with Crippen LogP contribution in [0.3, 0.4) is 0 Å². The van der Waals surface area contributed by atoms with Crippen molar-refractivity contribution in [3.05, 3.63) is 29.3 Å². The molecule has 1 saturated heterocycles. The molecule has 1 aromatic heterocycles. The number of likely N-dealkylation sites (N-methyl/N-ethyl adjacent to an activating group) is 1. The minimum Gasteiger partial charge on any atom is -0.477 e. The highest BCUT2D eigenvalue weighted by Crippen LogP contribution is 2.19. The number of nitrogens with one attached hydrogen (secondary N) is 1. The average molecular weight is 352 g/mol. The SMILES string of the molecule is CN(C)Cc1ccc(N(C)CCN2CCNC2=C(C(=O)O)C(=O)O)o1. The predicted octanol–water partition coefficient (Wildman–Crippen LogP) is 0.0634. The average Bonchev–Trinajstić information content (AvgIpc) is 3.13. The molecule has 3 N–H and O–H groups in total. The van der Waals surface area contributed by atoms with Gasteiger partial charge in [-0.05, 0) is 20.2 Å². The Balaban J connectivity index is 2.02. The van der Waals surface area contributed by atoms with Crippen LogP contribution in [0.1, 0.15) is 5.76 Å². The van der Waals surface area contributed by atoms with Gasteiger partial charge in [0.25, 0.3) is 0 Å². The van der Waals surface area contributed by atoms with Crippen LogP contribution in [0.15, 0.2) is 27.9 Å². The summed E-state index contributed by atoms with van der Waals surface area (Å²) >= 11 is 0. The van der Waals surface area contributed by atoms with Crippen LogP contribution < -0.4 is 10.2 Å². The van der Waals surface area contributed by atoms with Gasteiger partial charge in [0.2, 0.25) is 0 Å². The third kappa shape index (κ3) is 4.66. The molecule has 1 fully saturated rings. The number of anilines is 1. The maximum atomic E-state index is 11.2. The first-order valence-corrected chi connectivity index (χ1v) is 7.94. The minimum atomic E-state index is -1.45. The standard InChI is InChI=1S/C16H24N4O5/c1-18(2)10-11-4-5-12(25-11)19(3)8-9-20-7-6-17-14(20)13(15(21)22)16(23)24/h4-5,17H,6-10H2,1-3H3,(H,21,22)(H,23,24). The molecule has 0 radical (unpaired) electrons. The van der Waals surface area contributed by atoms with E-state index in [-0.39, 0.29) is 5.82 Å². The lowest BCUT2D eigenvalue weighted by Crippen LogP contribution is -2.33. The zero-order valence-electron chi connectivity index (χ0n) is 14.7. The predicted molar refractivity (Wildman–Crippen MR) is 91.2 cm³/mol. The Morgan fingerprint density at radius 3 is 2.52 bits per heavy atom. The van der Waals surface area contributed by atoms with E-state index in [0.29, 0.717) is 38.6 Å². The summed E-state index contributed by atoms with van der Waals surface area (Å²) in [6.45, 7) is 2.81. The maximum Gasteiger partial charge on any atom is 0.346 e. The van der Waals surface area contributed by atoms with Crippen LogP contribution in [0.2, 0.25) is 0 Å². The largest absolute Gasteiger partial charge is 0.477 e. The molecule has 1 aromatic rings. The Hall–Kier alpha value is -2.68. The number of hydrogen-bond donors (Lipinski definition) is 3. The van der Waals surface area contributed by atoms with Crippen molar-refractivity contribution in [3.63, 3.8) is 0 Å². The van der Waals surface area contributed by atoms with Gasteiger partial charge in [-0.1, -0.05) is 0 Å². The van der Waals surface area contributed by atoms with E-state index in [0.717, 1.165) is 5.76 Å². The highest BCUT2D eigenvalue weighted by Gasteiger charge is 2.29. The normalized spacial score (nSPS) is 13.9. The van der Waals surface area contributed by atoms with Crippen molar-refractivity contribution >= 4 is 17.8 Å². The summed E-state index contributed by atoms with van der Waals surface area (Å²) in [6.07, 6.45) is 0. The minimum absolute atomic E-state index is 0.154. The van der Waals surface area contributed by atoms with Crippen molar-refractivity contribution in [2.75, 3.05) is 52.2 Å². The lowest BCUT2D eigenvalue weighted by Gasteiger charge is -2.23. The number of carboxylic acids is 2. The van der Waals surface area contributed by atoms with Gasteiger partial charge in [-0.2, -0.15) is 0 Å². The van der Waals surface area contributed by atoms with E-state index in [1.807, 2.05) is 43.1 Å². The van der Waals surface area contributed by atoms with Crippen molar-refractivity contribution < 1.29 is 24.2 Å². The lowest BCUT2D eigenvalue weighted by molar-refractivity contribution is -0.140. The van der Waals surface area contributed by atoms with Gasteiger partial charge >= 0.3 is 11.9 Å². The number of furan rings is 1. The molecule has 0 unspecified atom stereocenters. The Kier molecular flexibility index (Phi) is 5.92. The summed E-state index contributed by atoms with van der Waals surface area (Å²) in [5.41, 5.74) is -0.633. The Bertz CT molecular complexity index is 651. The fourth-order valence-corrected chi connectivity index (χ4v) is 2.65. The second-order valence-corrected chi connectivity index (χ2v) is 6.15. The van der Waals surface area contributed by atoms with Crippen LogP contribution in [-0.2, 0) is 16.1 Å². The van der Waals surface area contributed by atoms with Gasteiger partial charge in [-0.25, -0.2) is 9.59 Å². The highest BCUT2D eigenvalue weighted by atomic mass is 16.4. The topological polar surface area (TPSA) is 109 Å². The van der Waals surface area contributed by atoms with Gasteiger partial charge < -0.3 is 34.6 Å². The number of nitrogens with zero attached hydrogens (tertiary/aromatic N) is 3. The fourth-order valence-electron chi connectivity index (χ4n) is 2.65. The zero-order chi connectivity index (χ0) is 18.6. The van der Waals surface area contributed by atoms with E-state index >= 15 is 0 Å². The van der Waals surface area contributed by atoms with E-state index in [2.05, 4.69) is 5.32 Å². The van der Waals surface area contributed by atoms with Crippen LogP contribution in [0, 0.1) is 0 Å². The molecule has 0 aromatic carbocycles. The molecule has 25 heavy (non-hydrogen) atoms. The monoisotopic (exact) mass is 352 g/mol. The van der Waals surface area contributed by atoms with Crippen LogP contribution in [0.5, 0.6) is 0 Å². The third-order valence-electron chi connectivity index (χ3n) is 3.86. The van der Waals surface area contributed by atoms with Crippen LogP contribution in [0.25, 0.3) is 0 Å². The van der Waals surface area contributed by atoms with Gasteiger partial charge in [0, 0.05) is 39.3 Å². The van der Waals surface area contributed by atoms with Gasteiger partial charge in [0.1, 0.15) is 11.6 Å². The number of rotatable bonds is 8. The quantitative estimate of drug-likeness (QED) is 0.340. The van der Waals surface area contributed by atoms with Crippen LogP contribution in [0.4, 0.5) is 5.88 Å². The van der Waals surface area contributed by atoms with Crippen molar-refractivity contribution in [1.29, 1.82) is 0 Å². The van der Waals surface area contributed by atoms with Gasteiger partial charge in [-0.15, -0.1) is 0 Å². The number of carboxylic acid groups (broad SMARTS) is 2. The first-order valence-electron chi connectivity index (χ1n) is 7.94. The molecule has 138 valence electrons. The van der Waals surface area contributed by atoms with Crippen LogP contribution in [-0.4, -0.2) is 79.3 Å². The molecule has 2 heterocycles. The molecule has 9 nitrogen and oxygen atoms in total. The Morgan fingerprint density at radius 1 is 1.24 bits per heavy atom. The molecule has 9 heteroatoms. The molecule has 0 amide bonds. The molecule has 0 bridgehead atoms. The summed E-state index contributed by atoms with van der Waals surface area (Å²) < 4.78 is 5.77. The molecule has 0 saturated carbocycles. The summed E-state index contributed by atoms with van der Waals surface area (Å²) in [6, 6.07) is 3.80. The van der Waals surface area contributed by atoms with E-state index in [1.54, 1.807) is 4.90 Å². The lowest BCUT2D eigenvalue weighted by atomic mass is 10.2. The first-order chi connectivity index (χ1) is 11.8. The Labute approximate surface area is 146 Å². The summed E-state index contributed by atoms with van der Waals surface area (Å²) in [5.74, 6) is -1.18. The van der Waals surface area contributed by atoms with E-state index in [4.69, 9.17) is 14.6 Å². The Morgan fingerprint density at radius 2 is 1.92 bits per heavy atom. The number of hydrogen-bond acceptors (Lipinski definition) is 7. The van der Waals surface area contributed by atoms with Crippen LogP contribution >= 0.6 is 0 Å². The molecular weight excluding hydrogens is 328 g/mol. The molecular formula is C16H24N4O5. The van der Waals surface area contributed by atoms with Crippen molar-refractivity contribution in [3.8, 4) is 0 Å². The van der Waals surface area contributed by atoms with Crippen molar-refractivity contribution in [2.45, 2.75) is 6.54 Å². The molecule has 1 aliphatic rings. The summed E-state index contributed by atoms with van der Waals surface area (Å²) in [4.78, 5) is 28.0. The second-order valence-electron chi connectivity index (χ2n) is 6.15. The molecule has 0 aliphatic carbocycles. The smallest absolute Gasteiger partial charge is 0.346 e. The molecule has 0 atom stereocenters. The second kappa shape index (κ2) is 7.93. The highest BCUT2D eigenvalue weighted by molar-refractivity contribution is 6.13. The van der Waals surface area contributed by atoms with Gasteiger partial charge in [0.15, 0.2) is 11.5 Å². The van der Waals surface area contributed by atoms with Crippen molar-refractivity contribution in [1.82, 2.24) is 15.1 Å². The van der Waals surface area contributed by atoms with E-state index < -0.39 is 17.5 Å². The van der Waals surface area contributed by atoms with Crippen molar-refractivity contribution in [2.24, 2.45) is 0 Å².